The second kappa shape index (κ2) is 7.92. The van der Waals surface area contributed by atoms with E-state index in [0.29, 0.717) is 26.7 Å². The van der Waals surface area contributed by atoms with E-state index in [2.05, 4.69) is 25.6 Å². The summed E-state index contributed by atoms with van der Waals surface area (Å²) in [6.45, 7) is 0.263. The van der Waals surface area contributed by atoms with E-state index in [-0.39, 0.29) is 29.7 Å². The molecule has 1 unspecified atom stereocenters. The molecule has 3 N–H and O–H groups in total. The first kappa shape index (κ1) is 18.3. The largest absolute Gasteiger partial charge is 0.391 e. The molecule has 4 rings (SSSR count). The Morgan fingerprint density at radius 3 is 2.89 bits per heavy atom. The third-order valence-corrected chi connectivity index (χ3v) is 5.86. The van der Waals surface area contributed by atoms with Crippen LogP contribution in [0.3, 0.4) is 0 Å². The van der Waals surface area contributed by atoms with Gasteiger partial charge < -0.3 is 15.7 Å². The highest BCUT2D eigenvalue weighted by Crippen LogP contribution is 2.32. The Labute approximate surface area is 164 Å². The van der Waals surface area contributed by atoms with Gasteiger partial charge in [0.25, 0.3) is 0 Å². The molecular formula is C18H19ClFN5OS. The Morgan fingerprint density at radius 2 is 2.07 bits per heavy atom. The maximum atomic E-state index is 14.9. The molecule has 1 aromatic carbocycles. The monoisotopic (exact) mass is 407 g/mol. The zero-order valence-electron chi connectivity index (χ0n) is 14.5. The number of benzene rings is 1. The van der Waals surface area contributed by atoms with E-state index in [1.165, 1.54) is 23.7 Å². The summed E-state index contributed by atoms with van der Waals surface area (Å²) >= 11 is 7.08. The minimum absolute atomic E-state index is 0.0232. The van der Waals surface area contributed by atoms with E-state index >= 15 is 0 Å². The number of hydrogen-bond donors (Lipinski definition) is 3. The van der Waals surface area contributed by atoms with Crippen LogP contribution in [0, 0.1) is 5.82 Å². The van der Waals surface area contributed by atoms with Crippen LogP contribution in [0.25, 0.3) is 10.2 Å². The van der Waals surface area contributed by atoms with E-state index in [9.17, 15) is 9.50 Å². The normalized spacial score (nSPS) is 20.0. The predicted molar refractivity (Wildman–Crippen MR) is 106 cm³/mol. The van der Waals surface area contributed by atoms with Crippen LogP contribution in [0.15, 0.2) is 24.5 Å². The lowest BCUT2D eigenvalue weighted by atomic mass is 9.93. The van der Waals surface area contributed by atoms with Gasteiger partial charge in [-0.1, -0.05) is 41.8 Å². The van der Waals surface area contributed by atoms with Crippen molar-refractivity contribution in [2.45, 2.75) is 44.4 Å². The average molecular weight is 408 g/mol. The SMILES string of the molecule is O[C@@H]1CCCCC1Nc1nc2ccc(CNc3cncc(Cl)n3)c(F)c2s1. The highest BCUT2D eigenvalue weighted by atomic mass is 35.5. The number of nitrogens with zero attached hydrogens (tertiary/aromatic N) is 3. The van der Waals surface area contributed by atoms with Crippen LogP contribution in [0.4, 0.5) is 15.3 Å². The van der Waals surface area contributed by atoms with Gasteiger partial charge in [-0.25, -0.2) is 14.4 Å². The Bertz CT molecular complexity index is 953. The van der Waals surface area contributed by atoms with E-state index in [1.54, 1.807) is 12.1 Å². The third-order valence-electron chi connectivity index (χ3n) is 4.68. The van der Waals surface area contributed by atoms with Crippen molar-refractivity contribution in [3.05, 3.63) is 41.1 Å². The van der Waals surface area contributed by atoms with Crippen LogP contribution in [0.5, 0.6) is 0 Å². The van der Waals surface area contributed by atoms with Gasteiger partial charge in [0, 0.05) is 12.1 Å². The summed E-state index contributed by atoms with van der Waals surface area (Å²) < 4.78 is 15.4. The molecule has 2 aromatic heterocycles. The molecule has 0 bridgehead atoms. The van der Waals surface area contributed by atoms with Crippen LogP contribution < -0.4 is 10.6 Å². The quantitative estimate of drug-likeness (QED) is 0.587. The second-order valence-electron chi connectivity index (χ2n) is 6.59. The number of rotatable bonds is 5. The molecule has 6 nitrogen and oxygen atoms in total. The van der Waals surface area contributed by atoms with E-state index < -0.39 is 0 Å². The zero-order valence-corrected chi connectivity index (χ0v) is 16.0. The molecule has 0 amide bonds. The molecule has 142 valence electrons. The summed E-state index contributed by atoms with van der Waals surface area (Å²) in [5.74, 6) is 0.185. The molecule has 0 radical (unpaired) electrons. The molecule has 0 saturated heterocycles. The van der Waals surface area contributed by atoms with Gasteiger partial charge in [-0.15, -0.1) is 0 Å². The van der Waals surface area contributed by atoms with E-state index in [1.807, 2.05) is 0 Å². The minimum Gasteiger partial charge on any atom is -0.391 e. The van der Waals surface area contributed by atoms with Gasteiger partial charge in [-0.3, -0.25) is 4.98 Å². The number of aromatic nitrogens is 3. The van der Waals surface area contributed by atoms with Crippen molar-refractivity contribution in [3.63, 3.8) is 0 Å². The molecule has 1 saturated carbocycles. The van der Waals surface area contributed by atoms with Gasteiger partial charge in [0.1, 0.15) is 16.8 Å². The first-order valence-corrected chi connectivity index (χ1v) is 10.0. The van der Waals surface area contributed by atoms with Crippen molar-refractivity contribution in [1.29, 1.82) is 0 Å². The average Bonchev–Trinajstić information content (AvgIpc) is 3.07. The Hall–Kier alpha value is -2.03. The summed E-state index contributed by atoms with van der Waals surface area (Å²) in [6.07, 6.45) is 6.40. The maximum Gasteiger partial charge on any atom is 0.184 e. The number of halogens is 2. The van der Waals surface area contributed by atoms with Gasteiger partial charge >= 0.3 is 0 Å². The summed E-state index contributed by atoms with van der Waals surface area (Å²) in [4.78, 5) is 12.5. The van der Waals surface area contributed by atoms with Gasteiger partial charge in [0.05, 0.1) is 34.8 Å². The maximum absolute atomic E-state index is 14.9. The van der Waals surface area contributed by atoms with Crippen LogP contribution >= 0.6 is 22.9 Å². The lowest BCUT2D eigenvalue weighted by Gasteiger charge is -2.27. The van der Waals surface area contributed by atoms with Gasteiger partial charge in [0.2, 0.25) is 0 Å². The van der Waals surface area contributed by atoms with Crippen LogP contribution in [-0.2, 0) is 6.54 Å². The minimum atomic E-state index is -0.380. The molecule has 1 aliphatic carbocycles. The van der Waals surface area contributed by atoms with Crippen molar-refractivity contribution < 1.29 is 9.50 Å². The van der Waals surface area contributed by atoms with E-state index in [4.69, 9.17) is 11.6 Å². The first-order valence-electron chi connectivity index (χ1n) is 8.84. The molecule has 2 atom stereocenters. The molecule has 1 aliphatic rings. The van der Waals surface area contributed by atoms with Crippen molar-refractivity contribution in [3.8, 4) is 0 Å². The number of aliphatic hydroxyl groups excluding tert-OH is 1. The molecule has 0 aliphatic heterocycles. The van der Waals surface area contributed by atoms with Gasteiger partial charge in [-0.05, 0) is 18.9 Å². The Kier molecular flexibility index (Phi) is 5.38. The lowest BCUT2D eigenvalue weighted by Crippen LogP contribution is -2.36. The fourth-order valence-corrected chi connectivity index (χ4v) is 4.38. The number of fused-ring (bicyclic) bond motifs is 1. The first-order chi connectivity index (χ1) is 13.1. The molecule has 2 heterocycles. The summed E-state index contributed by atoms with van der Waals surface area (Å²) in [5, 5.41) is 17.3. The number of nitrogens with one attached hydrogen (secondary N) is 2. The summed E-state index contributed by atoms with van der Waals surface area (Å²) in [6, 6.07) is 3.49. The predicted octanol–water partition coefficient (Wildman–Crippen LogP) is 4.21. The summed E-state index contributed by atoms with van der Waals surface area (Å²) in [7, 11) is 0. The standard InChI is InChI=1S/C18H19ClFN5OS/c19-14-8-21-9-15(25-14)22-7-10-5-6-12-17(16(10)20)27-18(24-12)23-11-3-1-2-4-13(11)26/h5-6,8-9,11,13,26H,1-4,7H2,(H,22,25)(H,23,24)/t11?,13-/m1/s1. The molecule has 9 heteroatoms. The van der Waals surface area contributed by atoms with Crippen LogP contribution in [0.2, 0.25) is 5.15 Å². The smallest absolute Gasteiger partial charge is 0.184 e. The van der Waals surface area contributed by atoms with Crippen LogP contribution in [0.1, 0.15) is 31.2 Å². The zero-order chi connectivity index (χ0) is 18.8. The van der Waals surface area contributed by atoms with E-state index in [0.717, 1.165) is 25.7 Å². The fraction of sp³-hybridized carbons (Fsp3) is 0.389. The summed E-state index contributed by atoms with van der Waals surface area (Å²) in [5.41, 5.74) is 1.12. The molecule has 0 spiro atoms. The number of anilines is 2. The van der Waals surface area contributed by atoms with Crippen molar-refractivity contribution in [2.75, 3.05) is 10.6 Å². The topological polar surface area (TPSA) is 83.0 Å². The van der Waals surface area contributed by atoms with Gasteiger partial charge in [0.15, 0.2) is 5.13 Å². The van der Waals surface area contributed by atoms with Crippen molar-refractivity contribution >= 4 is 44.1 Å². The Balaban J connectivity index is 1.51. The molecule has 27 heavy (non-hydrogen) atoms. The van der Waals surface area contributed by atoms with Crippen molar-refractivity contribution in [1.82, 2.24) is 15.0 Å². The number of aliphatic hydroxyl groups is 1. The Morgan fingerprint density at radius 1 is 1.22 bits per heavy atom. The van der Waals surface area contributed by atoms with Crippen LogP contribution in [-0.4, -0.2) is 32.2 Å². The van der Waals surface area contributed by atoms with Gasteiger partial charge in [-0.2, -0.15) is 0 Å². The second-order valence-corrected chi connectivity index (χ2v) is 7.98. The van der Waals surface area contributed by atoms with Crippen molar-refractivity contribution in [2.24, 2.45) is 0 Å². The molecule has 3 aromatic rings. The molecular weight excluding hydrogens is 389 g/mol. The highest BCUT2D eigenvalue weighted by molar-refractivity contribution is 7.22. The number of thiazole rings is 1. The lowest BCUT2D eigenvalue weighted by molar-refractivity contribution is 0.116. The molecule has 1 fully saturated rings. The number of hydrogen-bond acceptors (Lipinski definition) is 7. The fourth-order valence-electron chi connectivity index (χ4n) is 3.25. The third kappa shape index (κ3) is 4.12. The highest BCUT2D eigenvalue weighted by Gasteiger charge is 2.24.